The number of fused-ring (bicyclic) bond motifs is 1. The average Bonchev–Trinajstić information content (AvgIpc) is 3.21. The number of amides is 2. The Morgan fingerprint density at radius 3 is 2.38 bits per heavy atom. The zero-order chi connectivity index (χ0) is 28.6. The molecule has 0 spiro atoms. The van der Waals surface area contributed by atoms with Crippen LogP contribution in [0.1, 0.15) is 72.2 Å². The average molecular weight is 601 g/mol. The van der Waals surface area contributed by atoms with Gasteiger partial charge in [0.2, 0.25) is 0 Å². The molecule has 3 aromatic rings. The molecule has 3 aromatic heterocycles. The van der Waals surface area contributed by atoms with Crippen LogP contribution in [0.2, 0.25) is 0 Å². The van der Waals surface area contributed by atoms with Crippen LogP contribution >= 0.6 is 15.9 Å². The summed E-state index contributed by atoms with van der Waals surface area (Å²) in [5.41, 5.74) is 4.83. The first-order valence-electron chi connectivity index (χ1n) is 13.3. The topological polar surface area (TPSA) is 99.2 Å². The highest BCUT2D eigenvalue weighted by Crippen LogP contribution is 2.31. The predicted octanol–water partition coefficient (Wildman–Crippen LogP) is 4.86. The predicted molar refractivity (Wildman–Crippen MR) is 155 cm³/mol. The summed E-state index contributed by atoms with van der Waals surface area (Å²) in [4.78, 5) is 45.3. The fraction of sp³-hybridized carbons (Fsp3) is 0.483. The number of nitrogens with one attached hydrogen (secondary N) is 2. The van der Waals surface area contributed by atoms with Gasteiger partial charge in [-0.3, -0.25) is 14.5 Å². The number of piperazine rings is 1. The van der Waals surface area contributed by atoms with Crippen molar-refractivity contribution in [1.82, 2.24) is 24.5 Å². The molecule has 2 N–H and O–H groups in total. The summed E-state index contributed by atoms with van der Waals surface area (Å²) < 4.78 is 8.59. The van der Waals surface area contributed by atoms with Crippen LogP contribution in [-0.4, -0.2) is 63.0 Å². The fourth-order valence-corrected chi connectivity index (χ4v) is 5.69. The molecule has 210 valence electrons. The fourth-order valence-electron chi connectivity index (χ4n) is 5.25. The molecule has 2 amide bonds. The van der Waals surface area contributed by atoms with Crippen molar-refractivity contribution in [3.63, 3.8) is 0 Å². The van der Waals surface area contributed by atoms with E-state index in [0.29, 0.717) is 37.3 Å². The SMILES string of the molecule is Cc1cc(C)c(CNC(=O)c2cc3cc(Br)cn3c(C(C)N3CCN(C(=O)OC(C)(C)C)CC3)c2C)c(=O)[nH]1. The number of nitrogens with zero attached hydrogens (tertiary/aromatic N) is 3. The smallest absolute Gasteiger partial charge is 0.410 e. The lowest BCUT2D eigenvalue weighted by atomic mass is 10.00. The number of aromatic nitrogens is 2. The summed E-state index contributed by atoms with van der Waals surface area (Å²) in [5.74, 6) is -0.227. The largest absolute Gasteiger partial charge is 0.444 e. The number of hydrogen-bond donors (Lipinski definition) is 2. The van der Waals surface area contributed by atoms with Crippen LogP contribution < -0.4 is 10.9 Å². The summed E-state index contributed by atoms with van der Waals surface area (Å²) in [5, 5.41) is 2.96. The van der Waals surface area contributed by atoms with E-state index in [1.54, 1.807) is 4.90 Å². The Morgan fingerprint density at radius 2 is 1.77 bits per heavy atom. The maximum Gasteiger partial charge on any atom is 0.410 e. The first kappa shape index (κ1) is 28.9. The second kappa shape index (κ2) is 11.2. The minimum atomic E-state index is -0.529. The number of carbonyl (C=O) groups excluding carboxylic acids is 2. The molecule has 1 fully saturated rings. The molecule has 0 aliphatic carbocycles. The molecule has 0 saturated carbocycles. The molecule has 1 saturated heterocycles. The second-order valence-electron chi connectivity index (χ2n) is 11.3. The van der Waals surface area contributed by atoms with Crippen molar-refractivity contribution in [2.24, 2.45) is 0 Å². The van der Waals surface area contributed by atoms with Gasteiger partial charge in [-0.15, -0.1) is 0 Å². The van der Waals surface area contributed by atoms with E-state index in [1.807, 2.05) is 65.9 Å². The summed E-state index contributed by atoms with van der Waals surface area (Å²) in [6, 6.07) is 5.77. The van der Waals surface area contributed by atoms with E-state index in [9.17, 15) is 14.4 Å². The lowest BCUT2D eigenvalue weighted by Crippen LogP contribution is -2.50. The third-order valence-corrected chi connectivity index (χ3v) is 7.66. The van der Waals surface area contributed by atoms with Crippen LogP contribution in [0.4, 0.5) is 4.79 Å². The quantitative estimate of drug-likeness (QED) is 0.436. The van der Waals surface area contributed by atoms with Gasteiger partial charge in [-0.1, -0.05) is 0 Å². The number of pyridine rings is 2. The van der Waals surface area contributed by atoms with Crippen LogP contribution in [0.5, 0.6) is 0 Å². The third kappa shape index (κ3) is 6.38. The highest BCUT2D eigenvalue weighted by Gasteiger charge is 2.30. The second-order valence-corrected chi connectivity index (χ2v) is 12.2. The number of H-pyrrole nitrogens is 1. The zero-order valence-corrected chi connectivity index (χ0v) is 25.4. The Labute approximate surface area is 237 Å². The number of hydrogen-bond acceptors (Lipinski definition) is 5. The number of rotatable bonds is 5. The Hall–Kier alpha value is -3.11. The standard InChI is InChI=1S/C29H38BrN5O4/c1-17-12-18(2)32-27(37)24(17)15-31-26(36)23-14-22-13-21(30)16-35(22)25(19(23)3)20(4)33-8-10-34(11-9-33)28(38)39-29(5,6)7/h12-14,16,20H,8-11,15H2,1-7H3,(H,31,36)(H,32,37). The zero-order valence-electron chi connectivity index (χ0n) is 23.8. The van der Waals surface area contributed by atoms with E-state index in [4.69, 9.17) is 4.74 Å². The molecular weight excluding hydrogens is 562 g/mol. The van der Waals surface area contributed by atoms with Gasteiger partial charge in [0.25, 0.3) is 11.5 Å². The van der Waals surface area contributed by atoms with Crippen LogP contribution in [0.15, 0.2) is 33.7 Å². The lowest BCUT2D eigenvalue weighted by Gasteiger charge is -2.39. The minimum Gasteiger partial charge on any atom is -0.444 e. The van der Waals surface area contributed by atoms with Crippen LogP contribution in [0.3, 0.4) is 0 Å². The minimum absolute atomic E-state index is 0.0116. The number of carbonyl (C=O) groups is 2. The summed E-state index contributed by atoms with van der Waals surface area (Å²) >= 11 is 3.59. The summed E-state index contributed by atoms with van der Waals surface area (Å²) in [6.45, 7) is 16.1. The highest BCUT2D eigenvalue weighted by atomic mass is 79.9. The highest BCUT2D eigenvalue weighted by molar-refractivity contribution is 9.10. The van der Waals surface area contributed by atoms with Crippen molar-refractivity contribution >= 4 is 33.4 Å². The van der Waals surface area contributed by atoms with Gasteiger partial charge in [-0.2, -0.15) is 0 Å². The van der Waals surface area contributed by atoms with Gasteiger partial charge < -0.3 is 24.3 Å². The van der Waals surface area contributed by atoms with Gasteiger partial charge in [0.15, 0.2) is 0 Å². The Morgan fingerprint density at radius 1 is 1.10 bits per heavy atom. The molecule has 39 heavy (non-hydrogen) atoms. The lowest BCUT2D eigenvalue weighted by molar-refractivity contribution is 0.0107. The van der Waals surface area contributed by atoms with E-state index in [-0.39, 0.29) is 30.1 Å². The first-order valence-corrected chi connectivity index (χ1v) is 14.0. The van der Waals surface area contributed by atoms with Crippen LogP contribution in [0, 0.1) is 20.8 Å². The van der Waals surface area contributed by atoms with Crippen molar-refractivity contribution in [3.8, 4) is 0 Å². The Kier molecular flexibility index (Phi) is 8.28. The van der Waals surface area contributed by atoms with Crippen molar-refractivity contribution in [2.45, 2.75) is 66.7 Å². The summed E-state index contributed by atoms with van der Waals surface area (Å²) in [6.07, 6.45) is 1.73. The van der Waals surface area contributed by atoms with Crippen molar-refractivity contribution < 1.29 is 14.3 Å². The molecule has 4 rings (SSSR count). The number of aromatic amines is 1. The molecule has 1 unspecified atom stereocenters. The molecule has 9 nitrogen and oxygen atoms in total. The van der Waals surface area contributed by atoms with Gasteiger partial charge in [0.05, 0.1) is 0 Å². The van der Waals surface area contributed by atoms with Crippen molar-refractivity contribution in [1.29, 1.82) is 0 Å². The number of aryl methyl sites for hydroxylation is 2. The molecule has 0 radical (unpaired) electrons. The van der Waals surface area contributed by atoms with Gasteiger partial charge in [-0.05, 0) is 93.7 Å². The molecule has 1 aliphatic heterocycles. The third-order valence-electron chi connectivity index (χ3n) is 7.23. The number of halogens is 1. The van der Waals surface area contributed by atoms with Gasteiger partial charge in [0.1, 0.15) is 5.60 Å². The molecule has 10 heteroatoms. The Bertz CT molecular complexity index is 1460. The maximum atomic E-state index is 13.4. The van der Waals surface area contributed by atoms with Crippen molar-refractivity contribution in [2.75, 3.05) is 26.2 Å². The van der Waals surface area contributed by atoms with Gasteiger partial charge in [-0.25, -0.2) is 4.79 Å². The molecule has 0 aromatic carbocycles. The molecule has 4 heterocycles. The van der Waals surface area contributed by atoms with E-state index in [1.165, 1.54) is 0 Å². The van der Waals surface area contributed by atoms with E-state index in [0.717, 1.165) is 32.5 Å². The first-order chi connectivity index (χ1) is 18.2. The van der Waals surface area contributed by atoms with Crippen LogP contribution in [-0.2, 0) is 11.3 Å². The Balaban J connectivity index is 1.57. The van der Waals surface area contributed by atoms with E-state index < -0.39 is 5.60 Å². The monoisotopic (exact) mass is 599 g/mol. The normalized spacial score (nSPS) is 15.4. The van der Waals surface area contributed by atoms with Gasteiger partial charge in [0, 0.05) is 77.5 Å². The van der Waals surface area contributed by atoms with Gasteiger partial charge >= 0.3 is 6.09 Å². The maximum absolute atomic E-state index is 13.4. The molecular formula is C29H38BrN5O4. The molecule has 1 atom stereocenters. The van der Waals surface area contributed by atoms with Crippen molar-refractivity contribution in [3.05, 3.63) is 72.9 Å². The summed E-state index contributed by atoms with van der Waals surface area (Å²) in [7, 11) is 0. The number of ether oxygens (including phenoxy) is 1. The molecule has 0 bridgehead atoms. The van der Waals surface area contributed by atoms with E-state index >= 15 is 0 Å². The van der Waals surface area contributed by atoms with E-state index in [2.05, 4.69) is 42.5 Å². The molecule has 1 aliphatic rings. The van der Waals surface area contributed by atoms with Crippen LogP contribution in [0.25, 0.3) is 5.52 Å².